The lowest BCUT2D eigenvalue weighted by molar-refractivity contribution is 0.428. The van der Waals surface area contributed by atoms with Gasteiger partial charge in [-0.25, -0.2) is 0 Å². The molecule has 0 saturated carbocycles. The van der Waals surface area contributed by atoms with E-state index in [1.165, 1.54) is 0 Å². The van der Waals surface area contributed by atoms with Crippen molar-refractivity contribution in [2.24, 2.45) is 11.7 Å². The van der Waals surface area contributed by atoms with Crippen molar-refractivity contribution in [3.8, 4) is 0 Å². The number of hydrogen-bond donors (Lipinski definition) is 3. The second-order valence-corrected chi connectivity index (χ2v) is 9.48. The van der Waals surface area contributed by atoms with Gasteiger partial charge in [-0.1, -0.05) is 20.8 Å². The van der Waals surface area contributed by atoms with Crippen LogP contribution in [-0.2, 0) is 0 Å². The van der Waals surface area contributed by atoms with E-state index >= 15 is 0 Å². The highest BCUT2D eigenvalue weighted by Gasteiger charge is 2.39. The van der Waals surface area contributed by atoms with Crippen LogP contribution in [0.4, 0.5) is 0 Å². The molecule has 0 heterocycles. The molecule has 1 atom stereocenters. The summed E-state index contributed by atoms with van der Waals surface area (Å²) in [7, 11) is -2.15. The van der Waals surface area contributed by atoms with E-state index in [1.54, 1.807) is 0 Å². The lowest BCUT2D eigenvalue weighted by atomic mass is 9.97. The molecule has 0 aliphatic carbocycles. The Morgan fingerprint density at radius 1 is 1.54 bits per heavy atom. The van der Waals surface area contributed by atoms with Crippen LogP contribution in [0.3, 0.4) is 0 Å². The molecular weight excluding hydrogens is 180 g/mol. The van der Waals surface area contributed by atoms with Gasteiger partial charge in [0.05, 0.1) is 5.84 Å². The summed E-state index contributed by atoms with van der Waals surface area (Å²) in [6.07, 6.45) is 0.790. The van der Waals surface area contributed by atoms with Crippen molar-refractivity contribution in [3.05, 3.63) is 0 Å². The summed E-state index contributed by atoms with van der Waals surface area (Å²) in [5, 5.41) is 7.21. The van der Waals surface area contributed by atoms with E-state index in [4.69, 9.17) is 11.1 Å². The standard InChI is InChI=1S/C9H22N2OSi/c1-7(8(10)11)6-9(2,3)13(4,5)12/h7,12H,6H2,1-5H3,(H3,10,11)/t7-/m0/s1. The highest BCUT2D eigenvalue weighted by atomic mass is 28.4. The fourth-order valence-electron chi connectivity index (χ4n) is 1.13. The zero-order valence-corrected chi connectivity index (χ0v) is 10.3. The normalized spacial score (nSPS) is 15.5. The summed E-state index contributed by atoms with van der Waals surface area (Å²) in [6, 6.07) is 0. The Morgan fingerprint density at radius 2 is 1.92 bits per heavy atom. The molecule has 0 amide bonds. The van der Waals surface area contributed by atoms with Gasteiger partial charge in [-0.15, -0.1) is 0 Å². The Kier molecular flexibility index (Phi) is 3.69. The third-order valence-electron chi connectivity index (χ3n) is 3.00. The predicted octanol–water partition coefficient (Wildman–Crippen LogP) is 1.93. The molecule has 0 aliphatic rings. The minimum atomic E-state index is -2.15. The van der Waals surface area contributed by atoms with E-state index < -0.39 is 8.32 Å². The molecule has 4 N–H and O–H groups in total. The SMILES string of the molecule is C[C@@H](CC(C)(C)[Si](C)(C)O)C(=N)N. The van der Waals surface area contributed by atoms with Crippen molar-refractivity contribution in [1.82, 2.24) is 0 Å². The maximum atomic E-state index is 10.0. The first-order valence-corrected chi connectivity index (χ1v) is 7.59. The molecule has 0 rings (SSSR count). The van der Waals surface area contributed by atoms with Crippen molar-refractivity contribution in [2.75, 3.05) is 0 Å². The van der Waals surface area contributed by atoms with Gasteiger partial charge in [0.1, 0.15) is 0 Å². The van der Waals surface area contributed by atoms with Gasteiger partial charge in [0.15, 0.2) is 8.32 Å². The molecular formula is C9H22N2OSi. The van der Waals surface area contributed by atoms with Crippen LogP contribution in [0.5, 0.6) is 0 Å². The number of nitrogens with one attached hydrogen (secondary N) is 1. The number of rotatable bonds is 4. The fourth-order valence-corrected chi connectivity index (χ4v) is 1.93. The van der Waals surface area contributed by atoms with Crippen molar-refractivity contribution in [3.63, 3.8) is 0 Å². The maximum Gasteiger partial charge on any atom is 0.188 e. The van der Waals surface area contributed by atoms with E-state index in [0.29, 0.717) is 0 Å². The van der Waals surface area contributed by atoms with E-state index in [1.807, 2.05) is 20.0 Å². The highest BCUT2D eigenvalue weighted by Crippen LogP contribution is 2.41. The van der Waals surface area contributed by atoms with E-state index in [2.05, 4.69) is 13.8 Å². The molecule has 0 aliphatic heterocycles. The summed E-state index contributed by atoms with van der Waals surface area (Å²) in [5.74, 6) is 0.278. The van der Waals surface area contributed by atoms with Crippen LogP contribution < -0.4 is 5.73 Å². The van der Waals surface area contributed by atoms with Crippen molar-refractivity contribution < 1.29 is 4.80 Å². The average Bonchev–Trinajstić information content (AvgIpc) is 1.83. The van der Waals surface area contributed by atoms with Gasteiger partial charge in [-0.3, -0.25) is 5.41 Å². The average molecular weight is 202 g/mol. The Bertz CT molecular complexity index is 196. The van der Waals surface area contributed by atoms with Crippen molar-refractivity contribution >= 4 is 14.2 Å². The van der Waals surface area contributed by atoms with Gasteiger partial charge in [0.2, 0.25) is 0 Å². The summed E-state index contributed by atoms with van der Waals surface area (Å²) in [5.41, 5.74) is 5.40. The molecule has 0 unspecified atom stereocenters. The monoisotopic (exact) mass is 202 g/mol. The van der Waals surface area contributed by atoms with Crippen LogP contribution in [0.2, 0.25) is 18.1 Å². The lowest BCUT2D eigenvalue weighted by Gasteiger charge is -2.36. The first-order chi connectivity index (χ1) is 5.58. The second-order valence-electron chi connectivity index (χ2n) is 5.00. The van der Waals surface area contributed by atoms with Crippen LogP contribution in [0.15, 0.2) is 0 Å². The van der Waals surface area contributed by atoms with Crippen molar-refractivity contribution in [1.29, 1.82) is 5.41 Å². The number of amidine groups is 1. The second kappa shape index (κ2) is 3.80. The largest absolute Gasteiger partial charge is 0.432 e. The molecule has 78 valence electrons. The van der Waals surface area contributed by atoms with Gasteiger partial charge in [-0.2, -0.15) is 0 Å². The smallest absolute Gasteiger partial charge is 0.188 e. The van der Waals surface area contributed by atoms with Gasteiger partial charge in [-0.05, 0) is 24.6 Å². The molecule has 0 aromatic rings. The van der Waals surface area contributed by atoms with Gasteiger partial charge in [0, 0.05) is 5.92 Å². The van der Waals surface area contributed by atoms with E-state index in [-0.39, 0.29) is 16.8 Å². The summed E-state index contributed by atoms with van der Waals surface area (Å²) in [4.78, 5) is 10.0. The zero-order chi connectivity index (χ0) is 10.9. The molecule has 13 heavy (non-hydrogen) atoms. The minimum Gasteiger partial charge on any atom is -0.432 e. The first-order valence-electron chi connectivity index (χ1n) is 4.64. The highest BCUT2D eigenvalue weighted by molar-refractivity contribution is 6.72. The zero-order valence-electron chi connectivity index (χ0n) is 9.31. The maximum absolute atomic E-state index is 10.0. The summed E-state index contributed by atoms with van der Waals surface area (Å²) >= 11 is 0. The molecule has 0 radical (unpaired) electrons. The molecule has 0 fully saturated rings. The third-order valence-corrected chi connectivity index (χ3v) is 6.52. The Hall–Kier alpha value is -0.353. The van der Waals surface area contributed by atoms with Crippen LogP contribution in [0.25, 0.3) is 0 Å². The quantitative estimate of drug-likeness (QED) is 0.370. The van der Waals surface area contributed by atoms with Gasteiger partial charge >= 0.3 is 0 Å². The third kappa shape index (κ3) is 3.48. The molecule has 0 aromatic carbocycles. The van der Waals surface area contributed by atoms with Gasteiger partial charge < -0.3 is 10.5 Å². The Balaban J connectivity index is 4.43. The molecule has 3 nitrogen and oxygen atoms in total. The fraction of sp³-hybridized carbons (Fsp3) is 0.889. The molecule has 0 saturated heterocycles. The lowest BCUT2D eigenvalue weighted by Crippen LogP contribution is -2.41. The van der Waals surface area contributed by atoms with E-state index in [9.17, 15) is 4.80 Å². The Morgan fingerprint density at radius 3 is 2.15 bits per heavy atom. The number of nitrogens with two attached hydrogens (primary N) is 1. The molecule has 4 heteroatoms. The Labute approximate surface area is 82.0 Å². The minimum absolute atomic E-state index is 0.0638. The van der Waals surface area contributed by atoms with Crippen molar-refractivity contribution in [2.45, 2.75) is 45.3 Å². The van der Waals surface area contributed by atoms with Crippen LogP contribution in [-0.4, -0.2) is 18.9 Å². The van der Waals surface area contributed by atoms with Crippen LogP contribution >= 0.6 is 0 Å². The van der Waals surface area contributed by atoms with Crippen LogP contribution in [0, 0.1) is 11.3 Å². The topological polar surface area (TPSA) is 70.1 Å². The number of hydrogen-bond acceptors (Lipinski definition) is 2. The molecule has 0 spiro atoms. The van der Waals surface area contributed by atoms with E-state index in [0.717, 1.165) is 6.42 Å². The first kappa shape index (κ1) is 12.6. The molecule has 0 bridgehead atoms. The predicted molar refractivity (Wildman–Crippen MR) is 59.4 cm³/mol. The molecule has 0 aromatic heterocycles. The van der Waals surface area contributed by atoms with Crippen LogP contribution in [0.1, 0.15) is 27.2 Å². The summed E-state index contributed by atoms with van der Waals surface area (Å²) in [6.45, 7) is 9.90. The summed E-state index contributed by atoms with van der Waals surface area (Å²) < 4.78 is 0. The van der Waals surface area contributed by atoms with Gasteiger partial charge in [0.25, 0.3) is 0 Å².